The Balaban J connectivity index is 2.33. The summed E-state index contributed by atoms with van der Waals surface area (Å²) in [5.74, 6) is 0.602. The van der Waals surface area contributed by atoms with E-state index in [2.05, 4.69) is 15.6 Å². The highest BCUT2D eigenvalue weighted by atomic mass is 16.2. The van der Waals surface area contributed by atoms with E-state index < -0.39 is 0 Å². The van der Waals surface area contributed by atoms with Gasteiger partial charge >= 0.3 is 0 Å². The Morgan fingerprint density at radius 1 is 1.12 bits per heavy atom. The van der Waals surface area contributed by atoms with Crippen LogP contribution in [0.25, 0.3) is 11.0 Å². The van der Waals surface area contributed by atoms with Crippen LogP contribution in [0.2, 0.25) is 0 Å². The average Bonchev–Trinajstić information content (AvgIpc) is 2.93. The first-order valence-electron chi connectivity index (χ1n) is 8.50. The van der Waals surface area contributed by atoms with Gasteiger partial charge in [-0.1, -0.05) is 26.0 Å². The van der Waals surface area contributed by atoms with Crippen LogP contribution in [0, 0.1) is 0 Å². The topological polar surface area (TPSA) is 76.0 Å². The predicted molar refractivity (Wildman–Crippen MR) is 94.5 cm³/mol. The van der Waals surface area contributed by atoms with Gasteiger partial charge in [-0.15, -0.1) is 0 Å². The molecular weight excluding hydrogens is 304 g/mol. The SMILES string of the molecule is CCC(=O)NC(C)c1nc2ccccc2n1CC(=O)NC(C)CC. The average molecular weight is 330 g/mol. The highest BCUT2D eigenvalue weighted by molar-refractivity contribution is 5.81. The van der Waals surface area contributed by atoms with Gasteiger partial charge in [-0.2, -0.15) is 0 Å². The molecule has 0 saturated carbocycles. The standard InChI is InChI=1S/C18H26N4O2/c1-5-12(3)19-17(24)11-22-15-10-8-7-9-14(15)21-18(22)13(4)20-16(23)6-2/h7-10,12-13H,5-6,11H2,1-4H3,(H,19,24)(H,20,23). The van der Waals surface area contributed by atoms with E-state index in [9.17, 15) is 9.59 Å². The summed E-state index contributed by atoms with van der Waals surface area (Å²) in [7, 11) is 0. The normalized spacial score (nSPS) is 13.5. The third-order valence-corrected chi connectivity index (χ3v) is 4.09. The number of amides is 2. The van der Waals surface area contributed by atoms with Crippen molar-refractivity contribution in [2.75, 3.05) is 0 Å². The molecule has 0 fully saturated rings. The third-order valence-electron chi connectivity index (χ3n) is 4.09. The van der Waals surface area contributed by atoms with Crippen molar-refractivity contribution in [2.24, 2.45) is 0 Å². The van der Waals surface area contributed by atoms with Crippen LogP contribution >= 0.6 is 0 Å². The summed E-state index contributed by atoms with van der Waals surface area (Å²) in [4.78, 5) is 28.7. The monoisotopic (exact) mass is 330 g/mol. The Labute approximate surface area is 142 Å². The first-order chi connectivity index (χ1) is 11.5. The molecule has 0 aliphatic carbocycles. The number of carbonyl (C=O) groups excluding carboxylic acids is 2. The van der Waals surface area contributed by atoms with Gasteiger partial charge in [0.15, 0.2) is 0 Å². The highest BCUT2D eigenvalue weighted by Gasteiger charge is 2.19. The van der Waals surface area contributed by atoms with Gasteiger partial charge in [0.1, 0.15) is 12.4 Å². The summed E-state index contributed by atoms with van der Waals surface area (Å²) < 4.78 is 1.88. The summed E-state index contributed by atoms with van der Waals surface area (Å²) in [5, 5.41) is 5.89. The van der Waals surface area contributed by atoms with Crippen LogP contribution in [0.3, 0.4) is 0 Å². The highest BCUT2D eigenvalue weighted by Crippen LogP contribution is 2.21. The van der Waals surface area contributed by atoms with E-state index in [1.807, 2.05) is 56.5 Å². The third kappa shape index (κ3) is 4.13. The Hall–Kier alpha value is -2.37. The zero-order valence-electron chi connectivity index (χ0n) is 14.8. The maximum absolute atomic E-state index is 12.3. The van der Waals surface area contributed by atoms with Crippen LogP contribution in [0.15, 0.2) is 24.3 Å². The molecule has 6 heteroatoms. The molecule has 2 aromatic rings. The molecule has 6 nitrogen and oxygen atoms in total. The predicted octanol–water partition coefficient (Wildman–Crippen LogP) is 2.54. The number of nitrogens with zero attached hydrogens (tertiary/aromatic N) is 2. The number of hydrogen-bond donors (Lipinski definition) is 2. The van der Waals surface area contributed by atoms with E-state index in [-0.39, 0.29) is 30.4 Å². The molecule has 130 valence electrons. The molecule has 2 unspecified atom stereocenters. The van der Waals surface area contributed by atoms with Crippen molar-refractivity contribution in [3.8, 4) is 0 Å². The molecule has 2 N–H and O–H groups in total. The number of hydrogen-bond acceptors (Lipinski definition) is 3. The number of fused-ring (bicyclic) bond motifs is 1. The quantitative estimate of drug-likeness (QED) is 0.819. The van der Waals surface area contributed by atoms with Gasteiger partial charge in [-0.05, 0) is 32.4 Å². The largest absolute Gasteiger partial charge is 0.352 e. The molecule has 2 rings (SSSR count). The van der Waals surface area contributed by atoms with E-state index in [0.717, 1.165) is 17.5 Å². The molecule has 24 heavy (non-hydrogen) atoms. The van der Waals surface area contributed by atoms with Crippen molar-refractivity contribution >= 4 is 22.8 Å². The summed E-state index contributed by atoms with van der Waals surface area (Å²) in [6, 6.07) is 7.56. The van der Waals surface area contributed by atoms with E-state index in [1.165, 1.54) is 0 Å². The minimum atomic E-state index is -0.263. The van der Waals surface area contributed by atoms with Gasteiger partial charge in [0.05, 0.1) is 17.1 Å². The smallest absolute Gasteiger partial charge is 0.240 e. The molecule has 0 saturated heterocycles. The minimum absolute atomic E-state index is 0.0369. The molecule has 0 aliphatic heterocycles. The number of imidazole rings is 1. The molecule has 1 aromatic heterocycles. The minimum Gasteiger partial charge on any atom is -0.352 e. The number of benzene rings is 1. The summed E-state index contributed by atoms with van der Waals surface area (Å²) >= 11 is 0. The maximum Gasteiger partial charge on any atom is 0.240 e. The number of rotatable bonds is 7. The van der Waals surface area contributed by atoms with Crippen molar-refractivity contribution in [2.45, 2.75) is 59.2 Å². The lowest BCUT2D eigenvalue weighted by molar-refractivity contribution is -0.122. The Morgan fingerprint density at radius 2 is 1.83 bits per heavy atom. The number of aromatic nitrogens is 2. The Bertz CT molecular complexity index is 723. The van der Waals surface area contributed by atoms with E-state index >= 15 is 0 Å². The second-order valence-corrected chi connectivity index (χ2v) is 6.06. The first kappa shape index (κ1) is 18.0. The molecule has 0 aliphatic rings. The van der Waals surface area contributed by atoms with E-state index in [1.54, 1.807) is 0 Å². The Kier molecular flexibility index (Phi) is 5.95. The fraction of sp³-hybridized carbons (Fsp3) is 0.500. The van der Waals surface area contributed by atoms with Crippen LogP contribution in [-0.2, 0) is 16.1 Å². The second kappa shape index (κ2) is 7.95. The van der Waals surface area contributed by atoms with Crippen molar-refractivity contribution in [1.82, 2.24) is 20.2 Å². The van der Waals surface area contributed by atoms with Crippen LogP contribution < -0.4 is 10.6 Å². The fourth-order valence-corrected chi connectivity index (χ4v) is 2.57. The van der Waals surface area contributed by atoms with Gasteiger partial charge in [0.2, 0.25) is 11.8 Å². The van der Waals surface area contributed by atoms with Gasteiger partial charge < -0.3 is 15.2 Å². The fourth-order valence-electron chi connectivity index (χ4n) is 2.57. The van der Waals surface area contributed by atoms with Crippen LogP contribution in [-0.4, -0.2) is 27.4 Å². The van der Waals surface area contributed by atoms with Gasteiger partial charge in [0.25, 0.3) is 0 Å². The maximum atomic E-state index is 12.3. The summed E-state index contributed by atoms with van der Waals surface area (Å²) in [6.45, 7) is 7.90. The molecule has 2 amide bonds. The first-order valence-corrected chi connectivity index (χ1v) is 8.50. The van der Waals surface area contributed by atoms with Crippen molar-refractivity contribution in [1.29, 1.82) is 0 Å². The molecule has 1 aromatic carbocycles. The second-order valence-electron chi connectivity index (χ2n) is 6.06. The zero-order chi connectivity index (χ0) is 17.7. The molecule has 2 atom stereocenters. The molecule has 0 radical (unpaired) electrons. The van der Waals surface area contributed by atoms with Gasteiger partial charge in [0, 0.05) is 12.5 Å². The number of para-hydroxylation sites is 2. The van der Waals surface area contributed by atoms with Crippen LogP contribution in [0.5, 0.6) is 0 Å². The van der Waals surface area contributed by atoms with Crippen molar-refractivity contribution in [3.63, 3.8) is 0 Å². The molecular formula is C18H26N4O2. The lowest BCUT2D eigenvalue weighted by Gasteiger charge is -2.17. The van der Waals surface area contributed by atoms with Gasteiger partial charge in [-0.25, -0.2) is 4.98 Å². The lowest BCUT2D eigenvalue weighted by Crippen LogP contribution is -2.35. The Morgan fingerprint density at radius 3 is 2.50 bits per heavy atom. The molecule has 1 heterocycles. The molecule has 0 spiro atoms. The summed E-state index contributed by atoms with van der Waals surface area (Å²) in [6.07, 6.45) is 1.30. The van der Waals surface area contributed by atoms with Crippen molar-refractivity contribution in [3.05, 3.63) is 30.1 Å². The zero-order valence-corrected chi connectivity index (χ0v) is 14.8. The van der Waals surface area contributed by atoms with Crippen LogP contribution in [0.4, 0.5) is 0 Å². The molecule has 0 bridgehead atoms. The van der Waals surface area contributed by atoms with E-state index in [0.29, 0.717) is 12.2 Å². The van der Waals surface area contributed by atoms with E-state index in [4.69, 9.17) is 0 Å². The lowest BCUT2D eigenvalue weighted by atomic mass is 10.2. The number of carbonyl (C=O) groups is 2. The van der Waals surface area contributed by atoms with Crippen LogP contribution in [0.1, 0.15) is 52.4 Å². The number of nitrogens with one attached hydrogen (secondary N) is 2. The van der Waals surface area contributed by atoms with Crippen molar-refractivity contribution < 1.29 is 9.59 Å². The van der Waals surface area contributed by atoms with Gasteiger partial charge in [-0.3, -0.25) is 9.59 Å². The summed E-state index contributed by atoms with van der Waals surface area (Å²) in [5.41, 5.74) is 1.71.